The topological polar surface area (TPSA) is 59.5 Å². The summed E-state index contributed by atoms with van der Waals surface area (Å²) >= 11 is 0. The van der Waals surface area contributed by atoms with Gasteiger partial charge in [0, 0.05) is 89.4 Å². The van der Waals surface area contributed by atoms with Crippen LogP contribution in [0, 0.1) is 0 Å². The number of ether oxygens (including phenoxy) is 1. The number of fused-ring (bicyclic) bond motifs is 2. The molecule has 2 aromatic rings. The highest BCUT2D eigenvalue weighted by atomic mass is 16.5. The second kappa shape index (κ2) is 11.1. The summed E-state index contributed by atoms with van der Waals surface area (Å²) in [7, 11) is 0. The van der Waals surface area contributed by atoms with Crippen LogP contribution in [-0.4, -0.2) is 103 Å². The van der Waals surface area contributed by atoms with Gasteiger partial charge in [-0.05, 0) is 60.6 Å². The highest BCUT2D eigenvalue weighted by Gasteiger charge is 2.29. The van der Waals surface area contributed by atoms with Gasteiger partial charge in [0.2, 0.25) is 0 Å². The van der Waals surface area contributed by atoms with E-state index in [4.69, 9.17) is 4.74 Å². The lowest BCUT2D eigenvalue weighted by atomic mass is 9.97. The Hall–Kier alpha value is -2.45. The lowest BCUT2D eigenvalue weighted by molar-refractivity contribution is 0.0321. The number of benzene rings is 2. The number of amides is 1. The quantitative estimate of drug-likeness (QED) is 0.652. The maximum absolute atomic E-state index is 13.3. The van der Waals surface area contributed by atoms with E-state index in [1.165, 1.54) is 16.8 Å². The molecule has 7 heteroatoms. The number of piperazine rings is 1. The van der Waals surface area contributed by atoms with E-state index >= 15 is 0 Å². The monoisotopic (exact) mass is 504 g/mol. The van der Waals surface area contributed by atoms with Crippen LogP contribution in [-0.2, 0) is 24.1 Å². The minimum absolute atomic E-state index is 0.0557. The molecule has 2 fully saturated rings. The van der Waals surface area contributed by atoms with Crippen LogP contribution in [0.4, 0.5) is 5.69 Å². The first-order valence-electron chi connectivity index (χ1n) is 14.1. The number of nitrogens with zero attached hydrogens (tertiary/aromatic N) is 4. The molecule has 37 heavy (non-hydrogen) atoms. The van der Waals surface area contributed by atoms with Crippen molar-refractivity contribution in [2.24, 2.45) is 0 Å². The normalized spacial score (nSPS) is 22.6. The third-order valence-corrected chi connectivity index (χ3v) is 8.75. The van der Waals surface area contributed by atoms with E-state index in [1.54, 1.807) is 0 Å². The van der Waals surface area contributed by atoms with Gasteiger partial charge in [-0.2, -0.15) is 0 Å². The molecule has 0 saturated carbocycles. The summed E-state index contributed by atoms with van der Waals surface area (Å²) in [6.45, 7) is 9.53. The molecule has 0 aliphatic carbocycles. The van der Waals surface area contributed by atoms with E-state index in [0.29, 0.717) is 25.7 Å². The van der Waals surface area contributed by atoms with Crippen molar-refractivity contribution in [1.82, 2.24) is 14.7 Å². The molecule has 4 aliphatic heterocycles. The maximum Gasteiger partial charge on any atom is 0.254 e. The molecule has 1 amide bonds. The van der Waals surface area contributed by atoms with E-state index in [-0.39, 0.29) is 5.91 Å². The first kappa shape index (κ1) is 24.9. The number of β-amino-alcohol motifs (C(OH)–C–C–N with tert-alkyl or cyclic N) is 1. The van der Waals surface area contributed by atoms with Crippen molar-refractivity contribution >= 4 is 11.6 Å². The summed E-state index contributed by atoms with van der Waals surface area (Å²) in [6, 6.07) is 15.6. The zero-order valence-corrected chi connectivity index (χ0v) is 21.9. The van der Waals surface area contributed by atoms with Gasteiger partial charge in [0.1, 0.15) is 0 Å². The van der Waals surface area contributed by atoms with Crippen LogP contribution in [0.2, 0.25) is 0 Å². The molecule has 6 rings (SSSR count). The Bertz CT molecular complexity index is 1090. The number of rotatable bonds is 6. The van der Waals surface area contributed by atoms with Crippen LogP contribution in [0.5, 0.6) is 0 Å². The number of carbonyl (C=O) groups is 1. The first-order valence-corrected chi connectivity index (χ1v) is 14.1. The number of hydrogen-bond acceptors (Lipinski definition) is 6. The molecular weight excluding hydrogens is 464 g/mol. The largest absolute Gasteiger partial charge is 0.390 e. The SMILES string of the molecule is O=C1c2ccc(N3CCN(C4CCOCC4)CC3)cc2CCN1C[C@H](O)CN1CCc2ccccc2C1. The van der Waals surface area contributed by atoms with Crippen molar-refractivity contribution in [2.45, 2.75) is 44.4 Å². The van der Waals surface area contributed by atoms with E-state index in [9.17, 15) is 9.90 Å². The minimum atomic E-state index is -0.540. The Morgan fingerprint density at radius 3 is 2.43 bits per heavy atom. The van der Waals surface area contributed by atoms with Gasteiger partial charge in [0.05, 0.1) is 6.10 Å². The smallest absolute Gasteiger partial charge is 0.254 e. The molecule has 0 aromatic heterocycles. The van der Waals surface area contributed by atoms with Crippen LogP contribution >= 0.6 is 0 Å². The number of carbonyl (C=O) groups excluding carboxylic acids is 1. The Morgan fingerprint density at radius 2 is 1.62 bits per heavy atom. The Morgan fingerprint density at radius 1 is 0.865 bits per heavy atom. The van der Waals surface area contributed by atoms with Gasteiger partial charge in [-0.1, -0.05) is 24.3 Å². The fourth-order valence-corrected chi connectivity index (χ4v) is 6.61. The predicted molar refractivity (Wildman–Crippen MR) is 145 cm³/mol. The fraction of sp³-hybridized carbons (Fsp3) is 0.567. The van der Waals surface area contributed by atoms with E-state index < -0.39 is 6.10 Å². The molecule has 1 N–H and O–H groups in total. The van der Waals surface area contributed by atoms with Gasteiger partial charge in [0.15, 0.2) is 0 Å². The first-order chi connectivity index (χ1) is 18.1. The lowest BCUT2D eigenvalue weighted by Gasteiger charge is -2.41. The summed E-state index contributed by atoms with van der Waals surface area (Å²) in [5.41, 5.74) is 5.95. The van der Waals surface area contributed by atoms with Gasteiger partial charge in [-0.25, -0.2) is 0 Å². The van der Waals surface area contributed by atoms with Crippen molar-refractivity contribution in [1.29, 1.82) is 0 Å². The highest BCUT2D eigenvalue weighted by molar-refractivity contribution is 5.97. The molecule has 4 heterocycles. The van der Waals surface area contributed by atoms with Gasteiger partial charge < -0.3 is 19.6 Å². The minimum Gasteiger partial charge on any atom is -0.390 e. The van der Waals surface area contributed by atoms with Gasteiger partial charge in [-0.3, -0.25) is 14.6 Å². The molecule has 0 unspecified atom stereocenters. The Kier molecular flexibility index (Phi) is 7.47. The molecule has 198 valence electrons. The molecule has 4 aliphatic rings. The van der Waals surface area contributed by atoms with Crippen molar-refractivity contribution < 1.29 is 14.6 Å². The van der Waals surface area contributed by atoms with Gasteiger partial charge in [-0.15, -0.1) is 0 Å². The number of anilines is 1. The summed E-state index contributed by atoms with van der Waals surface area (Å²) in [6.07, 6.45) is 3.63. The summed E-state index contributed by atoms with van der Waals surface area (Å²) in [4.78, 5) is 22.5. The molecule has 0 bridgehead atoms. The average molecular weight is 505 g/mol. The summed E-state index contributed by atoms with van der Waals surface area (Å²) in [5.74, 6) is 0.0557. The summed E-state index contributed by atoms with van der Waals surface area (Å²) < 4.78 is 5.53. The second-order valence-corrected chi connectivity index (χ2v) is 11.1. The predicted octanol–water partition coefficient (Wildman–Crippen LogP) is 2.41. The van der Waals surface area contributed by atoms with Gasteiger partial charge >= 0.3 is 0 Å². The van der Waals surface area contributed by atoms with Gasteiger partial charge in [0.25, 0.3) is 5.91 Å². The van der Waals surface area contributed by atoms with E-state index in [2.05, 4.69) is 51.1 Å². The van der Waals surface area contributed by atoms with Crippen LogP contribution in [0.1, 0.15) is 39.9 Å². The number of hydrogen-bond donors (Lipinski definition) is 1. The Balaban J connectivity index is 1.02. The molecular formula is C30H40N4O3. The van der Waals surface area contributed by atoms with Crippen molar-refractivity contribution in [3.63, 3.8) is 0 Å². The third kappa shape index (κ3) is 5.55. The zero-order valence-electron chi connectivity index (χ0n) is 21.9. The van der Waals surface area contributed by atoms with Crippen molar-refractivity contribution in [3.8, 4) is 0 Å². The second-order valence-electron chi connectivity index (χ2n) is 11.1. The lowest BCUT2D eigenvalue weighted by Crippen LogP contribution is -2.51. The molecule has 0 radical (unpaired) electrons. The Labute approximate surface area is 220 Å². The number of aliphatic hydroxyl groups excluding tert-OH is 1. The third-order valence-electron chi connectivity index (χ3n) is 8.75. The average Bonchev–Trinajstić information content (AvgIpc) is 2.95. The van der Waals surface area contributed by atoms with Crippen LogP contribution in [0.15, 0.2) is 42.5 Å². The van der Waals surface area contributed by atoms with Crippen molar-refractivity contribution in [3.05, 3.63) is 64.7 Å². The molecule has 1 atom stereocenters. The van der Waals surface area contributed by atoms with Crippen LogP contribution in [0.3, 0.4) is 0 Å². The van der Waals surface area contributed by atoms with Crippen molar-refractivity contribution in [2.75, 3.05) is 70.5 Å². The fourth-order valence-electron chi connectivity index (χ4n) is 6.61. The molecule has 7 nitrogen and oxygen atoms in total. The summed E-state index contributed by atoms with van der Waals surface area (Å²) in [5, 5.41) is 10.8. The zero-order chi connectivity index (χ0) is 25.2. The molecule has 0 spiro atoms. The standard InChI is InChI=1S/C30H40N4O3/c35-28(21-31-11-7-23-3-1-2-4-25(23)20-31)22-34-12-8-24-19-27(5-6-29(24)30(34)36)33-15-13-32(14-16-33)26-9-17-37-18-10-26/h1-6,19,26,28,35H,7-18,20-22H2/t28-/m1/s1. The van der Waals surface area contributed by atoms with Crippen LogP contribution < -0.4 is 4.90 Å². The maximum atomic E-state index is 13.3. The van der Waals surface area contributed by atoms with E-state index in [0.717, 1.165) is 89.3 Å². The number of aliphatic hydroxyl groups is 1. The molecule has 2 saturated heterocycles. The van der Waals surface area contributed by atoms with Crippen LogP contribution in [0.25, 0.3) is 0 Å². The van der Waals surface area contributed by atoms with E-state index in [1.807, 2.05) is 11.0 Å². The molecule has 2 aromatic carbocycles. The highest BCUT2D eigenvalue weighted by Crippen LogP contribution is 2.27.